The number of benzene rings is 1. The van der Waals surface area contributed by atoms with Crippen molar-refractivity contribution in [1.29, 1.82) is 0 Å². The number of nitrogens with one attached hydrogen (secondary N) is 1. The average Bonchev–Trinajstić information content (AvgIpc) is 2.32. The number of thioether (sulfide) groups is 1. The number of hydrogen-bond acceptors (Lipinski definition) is 4. The molecular formula is C13H18N2O2S. The van der Waals surface area contributed by atoms with Crippen molar-refractivity contribution in [3.8, 4) is 0 Å². The van der Waals surface area contributed by atoms with Crippen molar-refractivity contribution in [2.24, 2.45) is 5.41 Å². The van der Waals surface area contributed by atoms with E-state index in [0.717, 1.165) is 12.2 Å². The molecule has 98 valence electrons. The predicted molar refractivity (Wildman–Crippen MR) is 76.2 cm³/mol. The van der Waals surface area contributed by atoms with Crippen LogP contribution in [0.25, 0.3) is 0 Å². The first-order chi connectivity index (χ1) is 8.50. The van der Waals surface area contributed by atoms with Gasteiger partial charge < -0.3 is 5.32 Å². The molecule has 0 bridgehead atoms. The van der Waals surface area contributed by atoms with Crippen molar-refractivity contribution in [3.63, 3.8) is 0 Å². The van der Waals surface area contributed by atoms with Crippen LogP contribution in [0.2, 0.25) is 0 Å². The van der Waals surface area contributed by atoms with Gasteiger partial charge in [0.15, 0.2) is 0 Å². The lowest BCUT2D eigenvalue weighted by Crippen LogP contribution is -2.41. The van der Waals surface area contributed by atoms with Gasteiger partial charge in [-0.1, -0.05) is 26.0 Å². The molecule has 2 rings (SSSR count). The van der Waals surface area contributed by atoms with Crippen molar-refractivity contribution in [1.82, 2.24) is 0 Å². The molecule has 0 aliphatic carbocycles. The average molecular weight is 266 g/mol. The first kappa shape index (κ1) is 13.2. The van der Waals surface area contributed by atoms with E-state index in [0.29, 0.717) is 5.69 Å². The summed E-state index contributed by atoms with van der Waals surface area (Å²) in [4.78, 5) is 10.7. The summed E-state index contributed by atoms with van der Waals surface area (Å²) in [6.07, 6.45) is 1.13. The Hall–Kier alpha value is -1.23. The van der Waals surface area contributed by atoms with Crippen LogP contribution in [0.4, 0.5) is 11.4 Å². The van der Waals surface area contributed by atoms with Gasteiger partial charge in [0.1, 0.15) is 5.69 Å². The highest BCUT2D eigenvalue weighted by atomic mass is 32.2. The Labute approximate surface area is 111 Å². The van der Waals surface area contributed by atoms with Crippen LogP contribution in [0.15, 0.2) is 24.3 Å². The topological polar surface area (TPSA) is 55.2 Å². The number of para-hydroxylation sites is 2. The molecule has 1 N–H and O–H groups in total. The zero-order valence-electron chi connectivity index (χ0n) is 10.7. The highest BCUT2D eigenvalue weighted by molar-refractivity contribution is 7.99. The van der Waals surface area contributed by atoms with Gasteiger partial charge in [0.2, 0.25) is 0 Å². The van der Waals surface area contributed by atoms with Crippen LogP contribution in [-0.4, -0.2) is 22.5 Å². The van der Waals surface area contributed by atoms with Crippen molar-refractivity contribution >= 4 is 23.1 Å². The van der Waals surface area contributed by atoms with Crippen molar-refractivity contribution in [2.45, 2.75) is 26.3 Å². The van der Waals surface area contributed by atoms with Gasteiger partial charge in [-0.2, -0.15) is 11.8 Å². The van der Waals surface area contributed by atoms with Crippen LogP contribution >= 0.6 is 11.8 Å². The van der Waals surface area contributed by atoms with E-state index in [1.54, 1.807) is 18.2 Å². The minimum Gasteiger partial charge on any atom is -0.375 e. The largest absolute Gasteiger partial charge is 0.375 e. The van der Waals surface area contributed by atoms with E-state index >= 15 is 0 Å². The number of hydrogen-bond donors (Lipinski definition) is 1. The maximum atomic E-state index is 11.0. The fourth-order valence-electron chi connectivity index (χ4n) is 2.12. The molecule has 1 unspecified atom stereocenters. The monoisotopic (exact) mass is 266 g/mol. The zero-order chi connectivity index (χ0) is 13.2. The minimum absolute atomic E-state index is 0.156. The number of nitro benzene ring substituents is 1. The third kappa shape index (κ3) is 2.77. The summed E-state index contributed by atoms with van der Waals surface area (Å²) in [5.41, 5.74) is 0.960. The Morgan fingerprint density at radius 2 is 2.17 bits per heavy atom. The van der Waals surface area contributed by atoms with Crippen molar-refractivity contribution in [2.75, 3.05) is 16.8 Å². The summed E-state index contributed by atoms with van der Waals surface area (Å²) < 4.78 is 0. The molecule has 1 aromatic rings. The van der Waals surface area contributed by atoms with Crippen LogP contribution in [0.5, 0.6) is 0 Å². The van der Waals surface area contributed by atoms with Crippen molar-refractivity contribution in [3.05, 3.63) is 34.4 Å². The van der Waals surface area contributed by atoms with Crippen LogP contribution in [0.3, 0.4) is 0 Å². The van der Waals surface area contributed by atoms with Crippen LogP contribution < -0.4 is 5.32 Å². The van der Waals surface area contributed by atoms with E-state index in [2.05, 4.69) is 19.2 Å². The molecule has 0 spiro atoms. The van der Waals surface area contributed by atoms with Gasteiger partial charge in [-0.05, 0) is 23.7 Å². The number of nitrogens with zero attached hydrogens (tertiary/aromatic N) is 1. The minimum atomic E-state index is -0.328. The van der Waals surface area contributed by atoms with Gasteiger partial charge in [0.25, 0.3) is 5.69 Å². The van der Waals surface area contributed by atoms with E-state index in [-0.39, 0.29) is 22.1 Å². The standard InChI is InChI=1S/C13H18N2O2S/c1-13(2)7-8-18-9-12(13)14-10-5-3-4-6-11(10)15(16)17/h3-6,12,14H,7-9H2,1-2H3. The first-order valence-corrected chi connectivity index (χ1v) is 7.24. The van der Waals surface area contributed by atoms with E-state index < -0.39 is 0 Å². The number of rotatable bonds is 3. The molecule has 0 amide bonds. The van der Waals surface area contributed by atoms with Crippen LogP contribution in [0.1, 0.15) is 20.3 Å². The lowest BCUT2D eigenvalue weighted by Gasteiger charge is -2.39. The van der Waals surface area contributed by atoms with Gasteiger partial charge in [-0.25, -0.2) is 0 Å². The smallest absolute Gasteiger partial charge is 0.292 e. The molecule has 18 heavy (non-hydrogen) atoms. The molecule has 4 nitrogen and oxygen atoms in total. The molecule has 0 aromatic heterocycles. The Kier molecular flexibility index (Phi) is 3.80. The molecule has 1 aliphatic rings. The Bertz CT molecular complexity index is 448. The van der Waals surface area contributed by atoms with E-state index in [9.17, 15) is 10.1 Å². The molecule has 1 heterocycles. The van der Waals surface area contributed by atoms with E-state index in [4.69, 9.17) is 0 Å². The Morgan fingerprint density at radius 3 is 2.83 bits per heavy atom. The first-order valence-electron chi connectivity index (χ1n) is 6.08. The maximum Gasteiger partial charge on any atom is 0.292 e. The summed E-state index contributed by atoms with van der Waals surface area (Å²) in [6.45, 7) is 4.44. The molecular weight excluding hydrogens is 248 g/mol. The maximum absolute atomic E-state index is 11.0. The quantitative estimate of drug-likeness (QED) is 0.671. The lowest BCUT2D eigenvalue weighted by atomic mass is 9.82. The van der Waals surface area contributed by atoms with Gasteiger partial charge in [-0.3, -0.25) is 10.1 Å². The number of nitro groups is 1. The van der Waals surface area contributed by atoms with Gasteiger partial charge in [0, 0.05) is 17.9 Å². The predicted octanol–water partition coefficient (Wildman–Crippen LogP) is 3.54. The highest BCUT2D eigenvalue weighted by Gasteiger charge is 2.33. The van der Waals surface area contributed by atoms with Gasteiger partial charge >= 0.3 is 0 Å². The lowest BCUT2D eigenvalue weighted by molar-refractivity contribution is -0.384. The third-order valence-corrected chi connectivity index (χ3v) is 4.61. The fraction of sp³-hybridized carbons (Fsp3) is 0.538. The van der Waals surface area contributed by atoms with Crippen molar-refractivity contribution < 1.29 is 4.92 Å². The van der Waals surface area contributed by atoms with E-state index in [1.165, 1.54) is 5.75 Å². The normalized spacial score (nSPS) is 22.4. The fourth-order valence-corrected chi connectivity index (χ4v) is 3.72. The zero-order valence-corrected chi connectivity index (χ0v) is 11.5. The molecule has 0 radical (unpaired) electrons. The summed E-state index contributed by atoms with van der Waals surface area (Å²) >= 11 is 1.91. The molecule has 1 aliphatic heterocycles. The number of anilines is 1. The Balaban J connectivity index is 2.21. The molecule has 1 aromatic carbocycles. The van der Waals surface area contributed by atoms with Crippen LogP contribution in [0, 0.1) is 15.5 Å². The summed E-state index contributed by atoms with van der Waals surface area (Å²) in [5, 5.41) is 14.3. The second kappa shape index (κ2) is 5.18. The van der Waals surface area contributed by atoms with Gasteiger partial charge in [0.05, 0.1) is 4.92 Å². The molecule has 1 saturated heterocycles. The van der Waals surface area contributed by atoms with E-state index in [1.807, 2.05) is 17.8 Å². The highest BCUT2D eigenvalue weighted by Crippen LogP contribution is 2.37. The van der Waals surface area contributed by atoms with Crippen LogP contribution in [-0.2, 0) is 0 Å². The molecule has 5 heteroatoms. The molecule has 1 atom stereocenters. The second-order valence-corrected chi connectivity index (χ2v) is 6.43. The SMILES string of the molecule is CC1(C)CCSCC1Nc1ccccc1[N+](=O)[O-]. The third-order valence-electron chi connectivity index (χ3n) is 3.55. The summed E-state index contributed by atoms with van der Waals surface area (Å²) in [5.74, 6) is 2.17. The molecule has 1 fully saturated rings. The summed E-state index contributed by atoms with van der Waals surface area (Å²) in [7, 11) is 0. The van der Waals surface area contributed by atoms with Gasteiger partial charge in [-0.15, -0.1) is 0 Å². The molecule has 0 saturated carbocycles. The Morgan fingerprint density at radius 1 is 1.44 bits per heavy atom. The second-order valence-electron chi connectivity index (χ2n) is 5.28. The summed E-state index contributed by atoms with van der Waals surface area (Å²) in [6, 6.07) is 7.14.